The van der Waals surface area contributed by atoms with Crippen LogP contribution in [0.3, 0.4) is 0 Å². The first-order valence-electron chi connectivity index (χ1n) is 7.88. The van der Waals surface area contributed by atoms with E-state index in [0.29, 0.717) is 5.56 Å². The molecule has 0 bridgehead atoms. The molecular weight excluding hydrogens is 350 g/mol. The number of aromatic hydroxyl groups is 2. The van der Waals surface area contributed by atoms with Crippen LogP contribution in [0.25, 0.3) is 0 Å². The number of aliphatic hydroxyl groups excluding tert-OH is 3. The van der Waals surface area contributed by atoms with E-state index >= 15 is 0 Å². The topological polar surface area (TPSA) is 180 Å². The first kappa shape index (κ1) is 20.4. The molecule has 0 unspecified atom stereocenters. The summed E-state index contributed by atoms with van der Waals surface area (Å²) in [7, 11) is 0. The number of phenolic OH excluding ortho intramolecular Hbond substituents is 2. The van der Waals surface area contributed by atoms with Crippen molar-refractivity contribution in [2.75, 3.05) is 13.2 Å². The van der Waals surface area contributed by atoms with Crippen LogP contribution in [-0.4, -0.2) is 84.5 Å². The smallest absolute Gasteiger partial charge is 0.323 e. The van der Waals surface area contributed by atoms with Crippen LogP contribution in [-0.2, 0) is 16.0 Å². The van der Waals surface area contributed by atoms with Crippen molar-refractivity contribution in [3.63, 3.8) is 0 Å². The fourth-order valence-corrected chi connectivity index (χ4v) is 2.67. The average Bonchev–Trinajstić information content (AvgIpc) is 2.58. The van der Waals surface area contributed by atoms with Gasteiger partial charge in [0.1, 0.15) is 23.9 Å². The molecule has 1 heterocycles. The Hall–Kier alpha value is -1.95. The van der Waals surface area contributed by atoms with E-state index in [9.17, 15) is 40.5 Å². The number of rotatable bonds is 6. The summed E-state index contributed by atoms with van der Waals surface area (Å²) in [6, 6.07) is 3.85. The minimum atomic E-state index is -2.30. The van der Waals surface area contributed by atoms with Gasteiger partial charge in [-0.1, -0.05) is 6.07 Å². The number of aliphatic carboxylic acids is 1. The monoisotopic (exact) mass is 373 g/mol. The normalized spacial score (nSPS) is 31.3. The van der Waals surface area contributed by atoms with Crippen LogP contribution < -0.4 is 5.32 Å². The van der Waals surface area contributed by atoms with Crippen LogP contribution in [0, 0.1) is 0 Å². The van der Waals surface area contributed by atoms with E-state index < -0.39 is 54.5 Å². The molecule has 8 N–H and O–H groups in total. The molecule has 5 atom stereocenters. The highest BCUT2D eigenvalue weighted by Crippen LogP contribution is 2.28. The Morgan fingerprint density at radius 3 is 2.54 bits per heavy atom. The molecule has 0 aliphatic carbocycles. The maximum atomic E-state index is 11.7. The minimum absolute atomic E-state index is 0.131. The minimum Gasteiger partial charge on any atom is -0.504 e. The van der Waals surface area contributed by atoms with Crippen LogP contribution in [0.1, 0.15) is 12.5 Å². The number of benzene rings is 1. The molecule has 1 saturated heterocycles. The summed E-state index contributed by atoms with van der Waals surface area (Å²) in [5.41, 5.74) is -1.24. The molecule has 0 amide bonds. The highest BCUT2D eigenvalue weighted by molar-refractivity contribution is 5.78. The Morgan fingerprint density at radius 2 is 1.96 bits per heavy atom. The summed E-state index contributed by atoms with van der Waals surface area (Å²) in [5.74, 6) is -4.33. The number of nitrogens with one attached hydrogen (secondary N) is 1. The summed E-state index contributed by atoms with van der Waals surface area (Å²) in [4.78, 5) is 11.7. The van der Waals surface area contributed by atoms with E-state index in [1.54, 1.807) is 0 Å². The Kier molecular flexibility index (Phi) is 5.76. The molecule has 2 rings (SSSR count). The number of carboxylic acids is 1. The molecule has 10 heteroatoms. The van der Waals surface area contributed by atoms with E-state index in [-0.39, 0.29) is 12.2 Å². The molecule has 0 saturated carbocycles. The van der Waals surface area contributed by atoms with Gasteiger partial charge in [0, 0.05) is 6.42 Å². The number of β-amino-alcohol motifs (C(OH)–C–C–N with tert-alkyl or cyclic N) is 1. The van der Waals surface area contributed by atoms with Gasteiger partial charge in [0.2, 0.25) is 5.79 Å². The average molecular weight is 373 g/mol. The zero-order chi connectivity index (χ0) is 19.7. The second kappa shape index (κ2) is 7.35. The number of carboxylic acid groups (broad SMARTS) is 1. The third-order valence-corrected chi connectivity index (χ3v) is 4.49. The van der Waals surface area contributed by atoms with Crippen LogP contribution in [0.2, 0.25) is 0 Å². The van der Waals surface area contributed by atoms with Gasteiger partial charge in [-0.3, -0.25) is 10.1 Å². The lowest BCUT2D eigenvalue weighted by molar-refractivity contribution is -0.318. The van der Waals surface area contributed by atoms with Gasteiger partial charge in [-0.25, -0.2) is 0 Å². The fourth-order valence-electron chi connectivity index (χ4n) is 2.67. The van der Waals surface area contributed by atoms with Crippen molar-refractivity contribution in [3.05, 3.63) is 23.8 Å². The second-order valence-corrected chi connectivity index (χ2v) is 6.65. The summed E-state index contributed by atoms with van der Waals surface area (Å²) < 4.78 is 4.99. The van der Waals surface area contributed by atoms with Crippen molar-refractivity contribution in [1.82, 2.24) is 5.32 Å². The Morgan fingerprint density at radius 1 is 1.31 bits per heavy atom. The van der Waals surface area contributed by atoms with Gasteiger partial charge in [-0.05, 0) is 24.6 Å². The van der Waals surface area contributed by atoms with E-state index in [0.717, 1.165) is 0 Å². The highest BCUT2D eigenvalue weighted by atomic mass is 16.6. The number of hydrogen-bond donors (Lipinski definition) is 8. The molecule has 0 spiro atoms. The second-order valence-electron chi connectivity index (χ2n) is 6.65. The van der Waals surface area contributed by atoms with Gasteiger partial charge in [-0.2, -0.15) is 0 Å². The number of carbonyl (C=O) groups is 1. The van der Waals surface area contributed by atoms with E-state index in [1.165, 1.54) is 25.1 Å². The van der Waals surface area contributed by atoms with Crippen LogP contribution >= 0.6 is 0 Å². The highest BCUT2D eigenvalue weighted by Gasteiger charge is 2.49. The lowest BCUT2D eigenvalue weighted by Crippen LogP contribution is -2.67. The number of aliphatic hydroxyl groups is 4. The summed E-state index contributed by atoms with van der Waals surface area (Å²) in [6.07, 6.45) is -5.01. The van der Waals surface area contributed by atoms with Gasteiger partial charge in [0.05, 0.1) is 13.2 Å². The van der Waals surface area contributed by atoms with Crippen LogP contribution in [0.5, 0.6) is 11.5 Å². The third kappa shape index (κ3) is 4.06. The van der Waals surface area contributed by atoms with E-state index in [2.05, 4.69) is 5.32 Å². The zero-order valence-electron chi connectivity index (χ0n) is 14.0. The van der Waals surface area contributed by atoms with Gasteiger partial charge in [-0.15, -0.1) is 0 Å². The van der Waals surface area contributed by atoms with Crippen LogP contribution in [0.15, 0.2) is 18.2 Å². The zero-order valence-corrected chi connectivity index (χ0v) is 14.0. The fraction of sp³-hybridized carbons (Fsp3) is 0.562. The predicted molar refractivity (Wildman–Crippen MR) is 86.4 cm³/mol. The predicted octanol–water partition coefficient (Wildman–Crippen LogP) is -2.13. The van der Waals surface area contributed by atoms with Crippen molar-refractivity contribution >= 4 is 5.97 Å². The number of ether oxygens (including phenoxy) is 1. The summed E-state index contributed by atoms with van der Waals surface area (Å²) in [5, 5.41) is 70.4. The Labute approximate surface area is 148 Å². The van der Waals surface area contributed by atoms with Crippen molar-refractivity contribution in [2.45, 2.75) is 43.0 Å². The number of phenols is 2. The van der Waals surface area contributed by atoms with Gasteiger partial charge in [0.25, 0.3) is 0 Å². The quantitative estimate of drug-likeness (QED) is 0.257. The molecule has 0 radical (unpaired) electrons. The first-order chi connectivity index (χ1) is 12.0. The van der Waals surface area contributed by atoms with Gasteiger partial charge >= 0.3 is 5.97 Å². The van der Waals surface area contributed by atoms with Crippen molar-refractivity contribution in [2.24, 2.45) is 0 Å². The molecule has 1 aliphatic heterocycles. The molecule has 26 heavy (non-hydrogen) atoms. The van der Waals surface area contributed by atoms with Gasteiger partial charge in [0.15, 0.2) is 11.5 Å². The maximum Gasteiger partial charge on any atom is 0.323 e. The standard InChI is InChI=1S/C16H23NO9/c1-15(14(23)24,5-8-2-3-9(18)10(19)4-8)17-7-16(25)13(22)12(21)11(20)6-26-16/h2-4,11-13,17-22,25H,5-7H2,1H3,(H,23,24)/t11-,12-,13+,15+,16-/m1/s1. The van der Waals surface area contributed by atoms with Crippen molar-refractivity contribution < 1.29 is 45.3 Å². The Bertz CT molecular complexity index is 669. The maximum absolute atomic E-state index is 11.7. The lowest BCUT2D eigenvalue weighted by atomic mass is 9.90. The Balaban J connectivity index is 2.14. The third-order valence-electron chi connectivity index (χ3n) is 4.49. The molecule has 1 fully saturated rings. The summed E-state index contributed by atoms with van der Waals surface area (Å²) in [6.45, 7) is 0.333. The summed E-state index contributed by atoms with van der Waals surface area (Å²) >= 11 is 0. The lowest BCUT2D eigenvalue weighted by Gasteiger charge is -2.43. The SMILES string of the molecule is C[C@@](Cc1ccc(O)c(O)c1)(NC[C@@]1(O)OC[C@@H](O)[C@@H](O)[C@@H]1O)C(=O)O. The molecule has 1 aromatic rings. The van der Waals surface area contributed by atoms with Crippen LogP contribution in [0.4, 0.5) is 0 Å². The first-order valence-corrected chi connectivity index (χ1v) is 7.88. The molecular formula is C16H23NO9. The molecule has 146 valence electrons. The molecule has 1 aliphatic rings. The number of hydrogen-bond acceptors (Lipinski definition) is 9. The van der Waals surface area contributed by atoms with E-state index in [1.807, 2.05) is 0 Å². The van der Waals surface area contributed by atoms with Crippen molar-refractivity contribution in [1.29, 1.82) is 0 Å². The van der Waals surface area contributed by atoms with Crippen molar-refractivity contribution in [3.8, 4) is 11.5 Å². The molecule has 0 aromatic heterocycles. The van der Waals surface area contributed by atoms with Gasteiger partial charge < -0.3 is 40.5 Å². The molecule has 10 nitrogen and oxygen atoms in total. The molecule has 1 aromatic carbocycles. The van der Waals surface area contributed by atoms with E-state index in [4.69, 9.17) is 4.74 Å². The largest absolute Gasteiger partial charge is 0.504 e.